The van der Waals surface area contributed by atoms with Gasteiger partial charge >= 0.3 is 12.0 Å². The number of hydrogen-bond acceptors (Lipinski definition) is 3. The van der Waals surface area contributed by atoms with Crippen molar-refractivity contribution in [1.82, 2.24) is 10.6 Å². The van der Waals surface area contributed by atoms with Gasteiger partial charge in [-0.1, -0.05) is 0 Å². The summed E-state index contributed by atoms with van der Waals surface area (Å²) < 4.78 is 0. The molecule has 6 nitrogen and oxygen atoms in total. The Hall–Kier alpha value is -1.30. The van der Waals surface area contributed by atoms with Crippen molar-refractivity contribution in [3.63, 3.8) is 0 Å². The standard InChI is InChI=1S/C8H14N2O4/c11-4-3-6(7(12)13)10-8(14)9-5-1-2-5/h5-6,11H,1-4H2,(H,12,13)(H2,9,10,14)/t6-/m0/s1. The van der Waals surface area contributed by atoms with Gasteiger partial charge in [-0.25, -0.2) is 9.59 Å². The number of carboxylic acids is 1. The average Bonchev–Trinajstić information content (AvgIpc) is 2.87. The number of carbonyl (C=O) groups excluding carboxylic acids is 1. The van der Waals surface area contributed by atoms with Crippen LogP contribution in [0.1, 0.15) is 19.3 Å². The summed E-state index contributed by atoms with van der Waals surface area (Å²) in [5.74, 6) is -1.13. The van der Waals surface area contributed by atoms with Gasteiger partial charge in [0.05, 0.1) is 0 Å². The van der Waals surface area contributed by atoms with Crippen molar-refractivity contribution in [2.75, 3.05) is 6.61 Å². The zero-order valence-corrected chi connectivity index (χ0v) is 7.69. The number of rotatable bonds is 5. The first-order valence-corrected chi connectivity index (χ1v) is 4.54. The molecule has 0 spiro atoms. The van der Waals surface area contributed by atoms with Crippen LogP contribution in [-0.4, -0.2) is 40.9 Å². The second-order valence-corrected chi connectivity index (χ2v) is 3.30. The van der Waals surface area contributed by atoms with E-state index in [1.165, 1.54) is 0 Å². The third kappa shape index (κ3) is 3.61. The molecule has 1 atom stereocenters. The fraction of sp³-hybridized carbons (Fsp3) is 0.750. The Morgan fingerprint density at radius 3 is 2.50 bits per heavy atom. The van der Waals surface area contributed by atoms with Crippen molar-refractivity contribution < 1.29 is 19.8 Å². The zero-order valence-electron chi connectivity index (χ0n) is 7.69. The van der Waals surface area contributed by atoms with Gasteiger partial charge in [0.25, 0.3) is 0 Å². The second-order valence-electron chi connectivity index (χ2n) is 3.30. The van der Waals surface area contributed by atoms with Gasteiger partial charge in [0.15, 0.2) is 0 Å². The van der Waals surface area contributed by atoms with Crippen LogP contribution >= 0.6 is 0 Å². The normalized spacial score (nSPS) is 17.2. The molecule has 0 bridgehead atoms. The summed E-state index contributed by atoms with van der Waals surface area (Å²) in [5.41, 5.74) is 0. The fourth-order valence-electron chi connectivity index (χ4n) is 0.999. The Morgan fingerprint density at radius 1 is 1.43 bits per heavy atom. The van der Waals surface area contributed by atoms with Crippen LogP contribution in [0.15, 0.2) is 0 Å². The van der Waals surface area contributed by atoms with Crippen LogP contribution < -0.4 is 10.6 Å². The van der Waals surface area contributed by atoms with E-state index in [4.69, 9.17) is 10.2 Å². The summed E-state index contributed by atoms with van der Waals surface area (Å²) >= 11 is 0. The highest BCUT2D eigenvalue weighted by molar-refractivity contribution is 5.82. The predicted molar refractivity (Wildman–Crippen MR) is 47.8 cm³/mol. The molecule has 1 aliphatic rings. The van der Waals surface area contributed by atoms with E-state index in [-0.39, 0.29) is 19.1 Å². The highest BCUT2D eigenvalue weighted by Gasteiger charge is 2.25. The first-order valence-electron chi connectivity index (χ1n) is 4.54. The molecule has 0 saturated heterocycles. The van der Waals surface area contributed by atoms with E-state index in [9.17, 15) is 9.59 Å². The van der Waals surface area contributed by atoms with Gasteiger partial charge in [0.1, 0.15) is 6.04 Å². The van der Waals surface area contributed by atoms with E-state index in [0.29, 0.717) is 0 Å². The SMILES string of the molecule is O=C(NC1CC1)N[C@@H](CCO)C(=O)O. The van der Waals surface area contributed by atoms with Crippen LogP contribution in [0.5, 0.6) is 0 Å². The number of carbonyl (C=O) groups is 2. The topological polar surface area (TPSA) is 98.7 Å². The molecule has 0 aromatic rings. The number of nitrogens with one attached hydrogen (secondary N) is 2. The Morgan fingerprint density at radius 2 is 2.07 bits per heavy atom. The van der Waals surface area contributed by atoms with Gasteiger partial charge in [-0.3, -0.25) is 0 Å². The van der Waals surface area contributed by atoms with Crippen molar-refractivity contribution in [2.45, 2.75) is 31.3 Å². The van der Waals surface area contributed by atoms with Crippen LogP contribution in [0.4, 0.5) is 4.79 Å². The molecular weight excluding hydrogens is 188 g/mol. The van der Waals surface area contributed by atoms with Crippen molar-refractivity contribution in [3.05, 3.63) is 0 Å². The lowest BCUT2D eigenvalue weighted by Gasteiger charge is -2.13. The number of carboxylic acid groups (broad SMARTS) is 1. The monoisotopic (exact) mass is 202 g/mol. The molecular formula is C8H14N2O4. The number of aliphatic hydroxyl groups is 1. The van der Waals surface area contributed by atoms with Crippen LogP contribution in [0.25, 0.3) is 0 Å². The maximum absolute atomic E-state index is 11.1. The van der Waals surface area contributed by atoms with Crippen molar-refractivity contribution in [2.24, 2.45) is 0 Å². The van der Waals surface area contributed by atoms with Crippen LogP contribution in [-0.2, 0) is 4.79 Å². The molecule has 80 valence electrons. The van der Waals surface area contributed by atoms with Crippen LogP contribution in [0.3, 0.4) is 0 Å². The zero-order chi connectivity index (χ0) is 10.6. The predicted octanol–water partition coefficient (Wildman–Crippen LogP) is -0.716. The van der Waals surface area contributed by atoms with E-state index in [1.807, 2.05) is 0 Å². The molecule has 0 radical (unpaired) electrons. The summed E-state index contributed by atoms with van der Waals surface area (Å²) in [6.07, 6.45) is 1.92. The summed E-state index contributed by atoms with van der Waals surface area (Å²) in [6, 6.07) is -1.30. The quantitative estimate of drug-likeness (QED) is 0.473. The molecule has 14 heavy (non-hydrogen) atoms. The Kier molecular flexibility index (Phi) is 3.70. The van der Waals surface area contributed by atoms with Gasteiger partial charge in [-0.2, -0.15) is 0 Å². The first kappa shape index (κ1) is 10.8. The Balaban J connectivity index is 2.29. The Labute approximate surface area is 81.3 Å². The van der Waals surface area contributed by atoms with E-state index >= 15 is 0 Å². The third-order valence-corrected chi connectivity index (χ3v) is 1.93. The van der Waals surface area contributed by atoms with Gasteiger partial charge in [-0.15, -0.1) is 0 Å². The minimum atomic E-state index is -1.13. The molecule has 1 saturated carbocycles. The molecule has 0 heterocycles. The van der Waals surface area contributed by atoms with E-state index < -0.39 is 18.0 Å². The van der Waals surface area contributed by atoms with Gasteiger partial charge in [-0.05, 0) is 12.8 Å². The minimum absolute atomic E-state index is 0.0213. The van der Waals surface area contributed by atoms with Crippen molar-refractivity contribution in [1.29, 1.82) is 0 Å². The molecule has 2 amide bonds. The van der Waals surface area contributed by atoms with Crippen LogP contribution in [0.2, 0.25) is 0 Å². The summed E-state index contributed by atoms with van der Waals surface area (Å²) in [7, 11) is 0. The summed E-state index contributed by atoms with van der Waals surface area (Å²) in [5, 5.41) is 22.1. The lowest BCUT2D eigenvalue weighted by molar-refractivity contribution is -0.139. The molecule has 1 rings (SSSR count). The fourth-order valence-corrected chi connectivity index (χ4v) is 0.999. The number of urea groups is 1. The largest absolute Gasteiger partial charge is 0.480 e. The highest BCUT2D eigenvalue weighted by atomic mass is 16.4. The van der Waals surface area contributed by atoms with E-state index in [2.05, 4.69) is 10.6 Å². The van der Waals surface area contributed by atoms with Crippen LogP contribution in [0, 0.1) is 0 Å². The molecule has 0 aliphatic heterocycles. The number of amides is 2. The number of aliphatic carboxylic acids is 1. The highest BCUT2D eigenvalue weighted by Crippen LogP contribution is 2.18. The molecule has 0 aromatic heterocycles. The maximum atomic E-state index is 11.1. The van der Waals surface area contributed by atoms with Gasteiger partial charge in [0.2, 0.25) is 0 Å². The molecule has 1 fully saturated rings. The first-order chi connectivity index (χ1) is 6.63. The van der Waals surface area contributed by atoms with E-state index in [1.54, 1.807) is 0 Å². The van der Waals surface area contributed by atoms with E-state index in [0.717, 1.165) is 12.8 Å². The van der Waals surface area contributed by atoms with Gasteiger partial charge < -0.3 is 20.8 Å². The summed E-state index contributed by atoms with van der Waals surface area (Å²) in [6.45, 7) is -0.263. The lowest BCUT2D eigenvalue weighted by atomic mass is 10.2. The number of aliphatic hydroxyl groups excluding tert-OH is 1. The molecule has 6 heteroatoms. The lowest BCUT2D eigenvalue weighted by Crippen LogP contribution is -2.47. The number of hydrogen-bond donors (Lipinski definition) is 4. The molecule has 1 aliphatic carbocycles. The Bertz CT molecular complexity index is 227. The van der Waals surface area contributed by atoms with Crippen molar-refractivity contribution >= 4 is 12.0 Å². The average molecular weight is 202 g/mol. The molecule has 0 aromatic carbocycles. The second kappa shape index (κ2) is 4.80. The summed E-state index contributed by atoms with van der Waals surface area (Å²) in [4.78, 5) is 21.7. The van der Waals surface area contributed by atoms with Gasteiger partial charge in [0, 0.05) is 19.1 Å². The van der Waals surface area contributed by atoms with Crippen molar-refractivity contribution in [3.8, 4) is 0 Å². The smallest absolute Gasteiger partial charge is 0.326 e. The molecule has 4 N–H and O–H groups in total. The third-order valence-electron chi connectivity index (χ3n) is 1.93. The molecule has 0 unspecified atom stereocenters. The minimum Gasteiger partial charge on any atom is -0.480 e. The maximum Gasteiger partial charge on any atom is 0.326 e.